The summed E-state index contributed by atoms with van der Waals surface area (Å²) in [7, 11) is 2.10. The number of benzene rings is 1. The van der Waals surface area contributed by atoms with Crippen LogP contribution in [-0.4, -0.2) is 42.4 Å². The molecular weight excluding hydrogens is 274 g/mol. The van der Waals surface area contributed by atoms with Crippen molar-refractivity contribution in [3.63, 3.8) is 0 Å². The molecule has 0 N–H and O–H groups in total. The van der Waals surface area contributed by atoms with Crippen molar-refractivity contribution in [1.82, 2.24) is 9.80 Å². The van der Waals surface area contributed by atoms with Crippen molar-refractivity contribution in [3.05, 3.63) is 35.4 Å². The topological polar surface area (TPSA) is 23.6 Å². The zero-order valence-corrected chi connectivity index (χ0v) is 12.2. The molecule has 1 aromatic rings. The molecule has 0 aliphatic carbocycles. The Morgan fingerprint density at radius 2 is 1.90 bits per heavy atom. The van der Waals surface area contributed by atoms with Crippen molar-refractivity contribution in [2.75, 3.05) is 26.7 Å². The van der Waals surface area contributed by atoms with E-state index >= 15 is 0 Å². The molecule has 0 bridgehead atoms. The minimum absolute atomic E-state index is 0.0855. The molecule has 3 nitrogen and oxygen atoms in total. The molecule has 5 heteroatoms. The monoisotopic (exact) mass is 294 g/mol. The SMILES string of the molecule is CN1CCC2(CC1)CC(=O)N(Cc1ccc(F)c(F)c1)C2. The average Bonchev–Trinajstić information content (AvgIpc) is 2.74. The van der Waals surface area contributed by atoms with Gasteiger partial charge in [0.2, 0.25) is 5.91 Å². The van der Waals surface area contributed by atoms with Crippen molar-refractivity contribution in [3.8, 4) is 0 Å². The number of nitrogens with zero attached hydrogens (tertiary/aromatic N) is 2. The van der Waals surface area contributed by atoms with Crippen LogP contribution in [-0.2, 0) is 11.3 Å². The number of hydrogen-bond donors (Lipinski definition) is 0. The van der Waals surface area contributed by atoms with Gasteiger partial charge in [0, 0.05) is 19.5 Å². The van der Waals surface area contributed by atoms with E-state index in [1.165, 1.54) is 6.07 Å². The summed E-state index contributed by atoms with van der Waals surface area (Å²) in [6.07, 6.45) is 2.65. The number of likely N-dealkylation sites (tertiary alicyclic amines) is 2. The Morgan fingerprint density at radius 3 is 2.57 bits per heavy atom. The number of carbonyl (C=O) groups excluding carboxylic acids is 1. The van der Waals surface area contributed by atoms with E-state index in [9.17, 15) is 13.6 Å². The van der Waals surface area contributed by atoms with Crippen LogP contribution < -0.4 is 0 Å². The Morgan fingerprint density at radius 1 is 1.19 bits per heavy atom. The lowest BCUT2D eigenvalue weighted by atomic mass is 9.78. The fourth-order valence-corrected chi connectivity index (χ4v) is 3.41. The van der Waals surface area contributed by atoms with Crippen LogP contribution >= 0.6 is 0 Å². The Kier molecular flexibility index (Phi) is 3.69. The summed E-state index contributed by atoms with van der Waals surface area (Å²) < 4.78 is 26.2. The molecule has 0 atom stereocenters. The molecule has 2 saturated heterocycles. The fourth-order valence-electron chi connectivity index (χ4n) is 3.41. The third-order valence-electron chi connectivity index (χ3n) is 4.81. The van der Waals surface area contributed by atoms with Crippen LogP contribution in [0.1, 0.15) is 24.8 Å². The lowest BCUT2D eigenvalue weighted by Gasteiger charge is -2.37. The molecule has 1 aromatic carbocycles. The maximum absolute atomic E-state index is 13.3. The van der Waals surface area contributed by atoms with Gasteiger partial charge in [-0.25, -0.2) is 8.78 Å². The van der Waals surface area contributed by atoms with E-state index in [-0.39, 0.29) is 11.3 Å². The van der Waals surface area contributed by atoms with Crippen molar-refractivity contribution in [2.24, 2.45) is 5.41 Å². The highest BCUT2D eigenvalue weighted by Gasteiger charge is 2.44. The molecule has 0 saturated carbocycles. The first-order valence-corrected chi connectivity index (χ1v) is 7.38. The summed E-state index contributed by atoms with van der Waals surface area (Å²) in [5.74, 6) is -1.57. The van der Waals surface area contributed by atoms with E-state index in [0.29, 0.717) is 18.5 Å². The van der Waals surface area contributed by atoms with Gasteiger partial charge in [0.05, 0.1) is 0 Å². The summed E-state index contributed by atoms with van der Waals surface area (Å²) in [5, 5.41) is 0. The van der Waals surface area contributed by atoms with E-state index in [4.69, 9.17) is 0 Å². The van der Waals surface area contributed by atoms with Crippen LogP contribution in [0.4, 0.5) is 8.78 Å². The molecule has 2 aliphatic rings. The van der Waals surface area contributed by atoms with Gasteiger partial charge in [0.25, 0.3) is 0 Å². The maximum Gasteiger partial charge on any atom is 0.223 e. The maximum atomic E-state index is 13.3. The first-order chi connectivity index (χ1) is 9.97. The van der Waals surface area contributed by atoms with Crippen molar-refractivity contribution in [1.29, 1.82) is 0 Å². The third kappa shape index (κ3) is 2.93. The average molecular weight is 294 g/mol. The van der Waals surface area contributed by atoms with Gasteiger partial charge >= 0.3 is 0 Å². The zero-order valence-electron chi connectivity index (χ0n) is 12.2. The van der Waals surface area contributed by atoms with Gasteiger partial charge in [-0.3, -0.25) is 4.79 Å². The van der Waals surface area contributed by atoms with E-state index in [1.54, 1.807) is 11.0 Å². The lowest BCUT2D eigenvalue weighted by Crippen LogP contribution is -2.39. The Bertz CT molecular complexity index is 553. The largest absolute Gasteiger partial charge is 0.338 e. The second-order valence-corrected chi connectivity index (χ2v) is 6.48. The van der Waals surface area contributed by atoms with Crippen molar-refractivity contribution < 1.29 is 13.6 Å². The first kappa shape index (κ1) is 14.4. The number of carbonyl (C=O) groups is 1. The molecule has 2 heterocycles. The third-order valence-corrected chi connectivity index (χ3v) is 4.81. The molecule has 0 unspecified atom stereocenters. The predicted molar refractivity (Wildman–Crippen MR) is 75.6 cm³/mol. The van der Waals surface area contributed by atoms with Crippen LogP contribution in [0.5, 0.6) is 0 Å². The molecule has 2 fully saturated rings. The zero-order chi connectivity index (χ0) is 15.0. The summed E-state index contributed by atoms with van der Waals surface area (Å²) in [6.45, 7) is 3.14. The van der Waals surface area contributed by atoms with Gasteiger partial charge < -0.3 is 9.80 Å². The minimum atomic E-state index is -0.854. The Balaban J connectivity index is 1.69. The number of amides is 1. The van der Waals surface area contributed by atoms with Crippen LogP contribution in [0.15, 0.2) is 18.2 Å². The summed E-state index contributed by atoms with van der Waals surface area (Å²) >= 11 is 0. The van der Waals surface area contributed by atoms with Gasteiger partial charge in [-0.05, 0) is 56.1 Å². The standard InChI is InChI=1S/C16H20F2N2O/c1-19-6-4-16(5-7-19)9-15(21)20(11-16)10-12-2-3-13(17)14(18)8-12/h2-3,8H,4-7,9-11H2,1H3. The number of hydrogen-bond acceptors (Lipinski definition) is 2. The smallest absolute Gasteiger partial charge is 0.223 e. The summed E-state index contributed by atoms with van der Waals surface area (Å²) in [5.41, 5.74) is 0.731. The van der Waals surface area contributed by atoms with Gasteiger partial charge in [-0.2, -0.15) is 0 Å². The van der Waals surface area contributed by atoms with Crippen molar-refractivity contribution in [2.45, 2.75) is 25.8 Å². The van der Waals surface area contributed by atoms with Crippen LogP contribution in [0.2, 0.25) is 0 Å². The minimum Gasteiger partial charge on any atom is -0.338 e. The van der Waals surface area contributed by atoms with Crippen molar-refractivity contribution >= 4 is 5.91 Å². The molecule has 1 spiro atoms. The normalized spacial score (nSPS) is 22.2. The molecule has 3 rings (SSSR count). The summed E-state index contributed by atoms with van der Waals surface area (Å²) in [6, 6.07) is 3.85. The van der Waals surface area contributed by atoms with Gasteiger partial charge in [0.15, 0.2) is 11.6 Å². The highest BCUT2D eigenvalue weighted by molar-refractivity contribution is 5.79. The highest BCUT2D eigenvalue weighted by atomic mass is 19.2. The van der Waals surface area contributed by atoms with Gasteiger partial charge in [0.1, 0.15) is 0 Å². The molecule has 0 aromatic heterocycles. The first-order valence-electron chi connectivity index (χ1n) is 7.38. The molecule has 21 heavy (non-hydrogen) atoms. The number of piperidine rings is 1. The van der Waals surface area contributed by atoms with Crippen LogP contribution in [0.3, 0.4) is 0 Å². The van der Waals surface area contributed by atoms with E-state index in [2.05, 4.69) is 11.9 Å². The molecular formula is C16H20F2N2O. The second kappa shape index (κ2) is 5.37. The fraction of sp³-hybridized carbons (Fsp3) is 0.562. The highest BCUT2D eigenvalue weighted by Crippen LogP contribution is 2.41. The lowest BCUT2D eigenvalue weighted by molar-refractivity contribution is -0.128. The molecule has 0 radical (unpaired) electrons. The quantitative estimate of drug-likeness (QED) is 0.836. The van der Waals surface area contributed by atoms with Crippen LogP contribution in [0, 0.1) is 17.0 Å². The Labute approximate surface area is 123 Å². The number of halogens is 2. The van der Waals surface area contributed by atoms with E-state index in [1.807, 2.05) is 0 Å². The second-order valence-electron chi connectivity index (χ2n) is 6.48. The molecule has 2 aliphatic heterocycles. The van der Waals surface area contributed by atoms with Gasteiger partial charge in [-0.1, -0.05) is 6.07 Å². The predicted octanol–water partition coefficient (Wildman–Crippen LogP) is 2.41. The van der Waals surface area contributed by atoms with Gasteiger partial charge in [-0.15, -0.1) is 0 Å². The Hall–Kier alpha value is -1.49. The summed E-state index contributed by atoms with van der Waals surface area (Å²) in [4.78, 5) is 16.3. The van der Waals surface area contributed by atoms with E-state index in [0.717, 1.165) is 38.5 Å². The molecule has 1 amide bonds. The van der Waals surface area contributed by atoms with E-state index < -0.39 is 11.6 Å². The van der Waals surface area contributed by atoms with Crippen LogP contribution in [0.25, 0.3) is 0 Å². The molecule has 114 valence electrons. The number of rotatable bonds is 2.